The first-order valence-electron chi connectivity index (χ1n) is 30.4. The number of hydrogen-bond acceptors (Lipinski definition) is 0. The number of pyridine rings is 7. The SMILES string of the molecule is C[n+]1cc2n3c1Cc1ccc[n+](c1-3)C2.Cc1c[n+]2c3n1Cc1ccc[n+](c1-3)C2.Cc1cc[n+]2c3c1c1cccc4c1c1n3c(c[n+]1C4)C2.c1cc2c3c(c1)c1ccc[n+]4c1n1c(c[n+](c31)C2)C4.c1ccc(-[n+]2cc3n4c2Cc2ccc[n+](c2-4)C3)cc1. The summed E-state index contributed by atoms with van der Waals surface area (Å²) >= 11 is 0. The summed E-state index contributed by atoms with van der Waals surface area (Å²) in [6, 6.07) is 43.9. The van der Waals surface area contributed by atoms with E-state index in [9.17, 15) is 0 Å². The first kappa shape index (κ1) is 45.9. The van der Waals surface area contributed by atoms with E-state index in [-0.39, 0.29) is 0 Å². The molecule has 15 heteroatoms. The third kappa shape index (κ3) is 5.77. The number of rotatable bonds is 1. The van der Waals surface area contributed by atoms with Gasteiger partial charge in [-0.25, -0.2) is 36.5 Å². The molecule has 25 rings (SSSR count). The molecule has 0 atom stereocenters. The third-order valence-electron chi connectivity index (χ3n) is 20.4. The fraction of sp³-hybridized carbons (Fsp3) is 0.183. The van der Waals surface area contributed by atoms with Crippen LogP contribution in [-0.2, 0) is 72.4 Å². The van der Waals surface area contributed by atoms with Crippen LogP contribution in [0, 0.1) is 13.8 Å². The van der Waals surface area contributed by atoms with Gasteiger partial charge in [-0.1, -0.05) is 54.6 Å². The van der Waals surface area contributed by atoms with Crippen molar-refractivity contribution in [2.24, 2.45) is 7.05 Å². The van der Waals surface area contributed by atoms with Gasteiger partial charge in [-0.05, 0) is 73.2 Å². The van der Waals surface area contributed by atoms with Crippen molar-refractivity contribution in [1.29, 1.82) is 0 Å². The number of aryl methyl sites for hydroxylation is 3. The van der Waals surface area contributed by atoms with Crippen molar-refractivity contribution in [2.75, 3.05) is 0 Å². The first-order chi connectivity index (χ1) is 42.3. The van der Waals surface area contributed by atoms with Gasteiger partial charge in [0.25, 0.3) is 52.5 Å². The molecule has 12 aromatic heterocycles. The highest BCUT2D eigenvalue weighted by atomic mass is 15.3. The maximum absolute atomic E-state index is 2.47. The highest BCUT2D eigenvalue weighted by Gasteiger charge is 2.47. The summed E-state index contributed by atoms with van der Waals surface area (Å²) in [7, 11) is 2.14. The lowest BCUT2D eigenvalue weighted by molar-refractivity contribution is -0.877. The Hall–Kier alpha value is -10.5. The van der Waals surface area contributed by atoms with Crippen LogP contribution in [0.25, 0.3) is 83.7 Å². The molecule has 408 valence electrons. The van der Waals surface area contributed by atoms with Crippen molar-refractivity contribution in [3.05, 3.63) is 257 Å². The zero-order valence-electron chi connectivity index (χ0n) is 48.1. The molecular formula is C71H59N15+10. The second kappa shape index (κ2) is 16.0. The average molecular weight is 1120 g/mol. The van der Waals surface area contributed by atoms with E-state index < -0.39 is 0 Å². The highest BCUT2D eigenvalue weighted by molar-refractivity contribution is 6.13. The Kier molecular flexibility index (Phi) is 8.54. The molecule has 0 bridgehead atoms. The predicted molar refractivity (Wildman–Crippen MR) is 315 cm³/mol. The van der Waals surface area contributed by atoms with Crippen LogP contribution in [0.15, 0.2) is 183 Å². The van der Waals surface area contributed by atoms with Crippen LogP contribution in [0.5, 0.6) is 0 Å². The zero-order chi connectivity index (χ0) is 56.1. The number of imidazole rings is 5. The predicted octanol–water partition coefficient (Wildman–Crippen LogP) is 4.78. The molecule has 0 aliphatic carbocycles. The molecule has 0 saturated carbocycles. The lowest BCUT2D eigenvalue weighted by atomic mass is 10.0. The molecule has 10 aliphatic heterocycles. The second-order valence-corrected chi connectivity index (χ2v) is 25.2. The molecular weight excluding hydrogens is 1060 g/mol. The highest BCUT2D eigenvalue weighted by Crippen LogP contribution is 2.38. The minimum absolute atomic E-state index is 0.979. The second-order valence-electron chi connectivity index (χ2n) is 25.2. The number of nitrogens with zero attached hydrogens (tertiary/aromatic N) is 15. The van der Waals surface area contributed by atoms with E-state index in [1.807, 2.05) is 0 Å². The molecule has 0 N–H and O–H groups in total. The number of para-hydroxylation sites is 1. The molecule has 10 aliphatic rings. The van der Waals surface area contributed by atoms with Crippen LogP contribution in [0.4, 0.5) is 0 Å². The van der Waals surface area contributed by atoms with E-state index in [0.29, 0.717) is 0 Å². The van der Waals surface area contributed by atoms with Gasteiger partial charge in [0.1, 0.15) is 62.0 Å². The van der Waals surface area contributed by atoms with E-state index in [1.165, 1.54) is 157 Å². The Morgan fingerprint density at radius 1 is 0.395 bits per heavy atom. The molecule has 3 aromatic carbocycles. The van der Waals surface area contributed by atoms with Gasteiger partial charge in [0.15, 0.2) is 55.2 Å². The van der Waals surface area contributed by atoms with Crippen molar-refractivity contribution in [3.8, 4) is 28.8 Å². The van der Waals surface area contributed by atoms with Crippen LogP contribution in [0.1, 0.15) is 73.5 Å². The Morgan fingerprint density at radius 2 is 0.965 bits per heavy atom. The lowest BCUT2D eigenvalue weighted by Crippen LogP contribution is -2.44. The van der Waals surface area contributed by atoms with Gasteiger partial charge < -0.3 is 0 Å². The van der Waals surface area contributed by atoms with Crippen molar-refractivity contribution in [2.45, 2.75) is 79.2 Å². The van der Waals surface area contributed by atoms with Crippen molar-refractivity contribution >= 4 is 54.9 Å². The molecule has 15 nitrogen and oxygen atoms in total. The van der Waals surface area contributed by atoms with E-state index in [4.69, 9.17) is 0 Å². The standard InChI is InChI=1S/C17H13N3.C16H11N3.C16H13N3.2C11H11N3/c1-10-5-6-18-8-12-9-19-7-11-3-2-4-13-14(10)16(18)20(12)17(19)15(11)13;1-3-10-7-18-9-11-8-17-6-2-5-13-12(4-1)14(10)16(18)19(11)15(13)17;1-2-6-13(7-3-1)18-11-14-10-17-8-4-5-12-9-15(18)19(14)16(12)17;1-12-6-9-7-13-4-2-3-8-5-10(12)14(9)11(8)13;1-8-5-13-7-12-4-2-3-9-6-14(8)11(13)10(9)12/h2-6,9H,7-8H2,1H3;1-6,9H,7-8H2;1-8,11H,9-10H2;2-4,6H,5,7H2,1H3;2-5H,6-7H2,1H3/q5*+2. The molecule has 22 heterocycles. The molecule has 0 amide bonds. The van der Waals surface area contributed by atoms with Gasteiger partial charge in [-0.3, -0.25) is 0 Å². The van der Waals surface area contributed by atoms with E-state index >= 15 is 0 Å². The monoisotopic (exact) mass is 1120 g/mol. The Bertz CT molecular complexity index is 5520. The summed E-state index contributed by atoms with van der Waals surface area (Å²) in [6.45, 7) is 12.5. The van der Waals surface area contributed by atoms with Gasteiger partial charge in [-0.2, -0.15) is 31.6 Å². The summed E-state index contributed by atoms with van der Waals surface area (Å²) in [4.78, 5) is 0. The first-order valence-corrected chi connectivity index (χ1v) is 30.4. The van der Waals surface area contributed by atoms with Crippen LogP contribution >= 0.6 is 0 Å². The summed E-state index contributed by atoms with van der Waals surface area (Å²) in [5, 5.41) is 8.49. The summed E-state index contributed by atoms with van der Waals surface area (Å²) in [5.74, 6) is 6.92. The van der Waals surface area contributed by atoms with Gasteiger partial charge in [-0.15, -0.1) is 0 Å². The number of fused-ring (bicyclic) bond motifs is 2. The molecule has 0 unspecified atom stereocenters. The molecule has 0 radical (unpaired) electrons. The molecule has 0 saturated heterocycles. The fourth-order valence-electron chi connectivity index (χ4n) is 17.0. The van der Waals surface area contributed by atoms with E-state index in [1.54, 1.807) is 0 Å². The van der Waals surface area contributed by atoms with Crippen molar-refractivity contribution in [3.63, 3.8) is 0 Å². The number of aromatic nitrogens is 15. The lowest BCUT2D eigenvalue weighted by Gasteiger charge is -2.04. The number of benzene rings is 3. The molecule has 0 fully saturated rings. The minimum atomic E-state index is 0.979. The molecule has 86 heavy (non-hydrogen) atoms. The Morgan fingerprint density at radius 3 is 1.71 bits per heavy atom. The topological polar surface area (TPSA) is 62.4 Å². The fourth-order valence-corrected chi connectivity index (χ4v) is 17.0. The number of hydrogen-bond donors (Lipinski definition) is 0. The van der Waals surface area contributed by atoms with Crippen molar-refractivity contribution in [1.82, 2.24) is 22.5 Å². The van der Waals surface area contributed by atoms with Crippen LogP contribution in [-0.4, -0.2) is 22.5 Å². The maximum atomic E-state index is 2.47. The largest absolute Gasteiger partial charge is 0.361 e. The zero-order valence-corrected chi connectivity index (χ0v) is 48.1. The van der Waals surface area contributed by atoms with Gasteiger partial charge >= 0.3 is 11.5 Å². The van der Waals surface area contributed by atoms with Gasteiger partial charge in [0.05, 0.1) is 82.9 Å². The average Bonchev–Trinajstić information content (AvgIpc) is 1.59. The van der Waals surface area contributed by atoms with E-state index in [2.05, 4.69) is 272 Å². The summed E-state index contributed by atoms with van der Waals surface area (Å²) in [6.07, 6.45) is 24.4. The Labute approximate surface area is 492 Å². The van der Waals surface area contributed by atoms with Gasteiger partial charge in [0.2, 0.25) is 0 Å². The van der Waals surface area contributed by atoms with Crippen molar-refractivity contribution < 1.29 is 45.7 Å². The normalized spacial score (nSPS) is 14.7. The van der Waals surface area contributed by atoms with Crippen LogP contribution in [0.2, 0.25) is 0 Å². The molecule has 15 aromatic rings. The van der Waals surface area contributed by atoms with Crippen LogP contribution < -0.4 is 45.7 Å². The smallest absolute Gasteiger partial charge is 0.236 e. The van der Waals surface area contributed by atoms with E-state index in [0.717, 1.165) is 65.3 Å². The molecule has 0 spiro atoms. The maximum Gasteiger partial charge on any atom is 0.361 e. The summed E-state index contributed by atoms with van der Waals surface area (Å²) in [5.41, 5.74) is 23.7. The van der Waals surface area contributed by atoms with Gasteiger partial charge in [0, 0.05) is 34.9 Å². The summed E-state index contributed by atoms with van der Waals surface area (Å²) < 4.78 is 35.6. The Balaban J connectivity index is 0.0000000748. The quantitative estimate of drug-likeness (QED) is 0.168. The third-order valence-corrected chi connectivity index (χ3v) is 20.4. The van der Waals surface area contributed by atoms with Crippen LogP contribution in [0.3, 0.4) is 0 Å². The minimum Gasteiger partial charge on any atom is -0.236 e.